The van der Waals surface area contributed by atoms with Gasteiger partial charge in [-0.15, -0.1) is 10.2 Å². The highest BCUT2D eigenvalue weighted by Gasteiger charge is 2.46. The largest absolute Gasteiger partial charge is 0.383 e. The molecule has 8 rings (SSSR count). The van der Waals surface area contributed by atoms with Crippen molar-refractivity contribution >= 4 is 17.4 Å². The Kier molecular flexibility index (Phi) is 5.25. The van der Waals surface area contributed by atoms with Crippen LogP contribution in [0.1, 0.15) is 77.9 Å². The summed E-state index contributed by atoms with van der Waals surface area (Å²) >= 11 is 0. The van der Waals surface area contributed by atoms with Crippen molar-refractivity contribution in [1.82, 2.24) is 49.9 Å². The fourth-order valence-corrected chi connectivity index (χ4v) is 6.79. The molecule has 1 aliphatic carbocycles. The summed E-state index contributed by atoms with van der Waals surface area (Å²) < 4.78 is 16.1. The van der Waals surface area contributed by atoms with Crippen LogP contribution in [0, 0.1) is 12.7 Å². The highest BCUT2D eigenvalue weighted by Crippen LogP contribution is 2.50. The lowest BCUT2D eigenvalue weighted by molar-refractivity contribution is 0.0557. The Morgan fingerprint density at radius 3 is 2.54 bits per heavy atom. The normalized spacial score (nSPS) is 22.1. The smallest absolute Gasteiger partial charge is 0.292 e. The van der Waals surface area contributed by atoms with Gasteiger partial charge in [0.25, 0.3) is 5.91 Å². The number of hydrogen-bond donors (Lipinski definition) is 3. The molecule has 1 unspecified atom stereocenters. The number of nitrogens with one attached hydrogen (secondary N) is 2. The third-order valence-corrected chi connectivity index (χ3v) is 8.90. The van der Waals surface area contributed by atoms with Crippen LogP contribution < -0.4 is 5.73 Å². The predicted octanol–water partition coefficient (Wildman–Crippen LogP) is 3.76. The number of fused-ring (bicyclic) bond motifs is 3. The first-order valence-corrected chi connectivity index (χ1v) is 14.0. The topological polar surface area (TPSA) is 160 Å². The summed E-state index contributed by atoms with van der Waals surface area (Å²) in [7, 11) is 0. The van der Waals surface area contributed by atoms with E-state index in [1.807, 2.05) is 11.0 Å². The number of hydrogen-bond acceptors (Lipinski definition) is 8. The van der Waals surface area contributed by atoms with E-state index in [0.717, 1.165) is 60.9 Å². The molecule has 3 fully saturated rings. The van der Waals surface area contributed by atoms with E-state index in [1.54, 1.807) is 29.9 Å². The van der Waals surface area contributed by atoms with Crippen LogP contribution >= 0.6 is 0 Å². The van der Waals surface area contributed by atoms with Crippen LogP contribution in [0.3, 0.4) is 0 Å². The minimum atomic E-state index is -0.407. The zero-order chi connectivity index (χ0) is 27.8. The van der Waals surface area contributed by atoms with Crippen LogP contribution in [-0.4, -0.2) is 67.9 Å². The number of rotatable bonds is 5. The highest BCUT2D eigenvalue weighted by molar-refractivity contribution is 5.91. The summed E-state index contributed by atoms with van der Waals surface area (Å²) in [5.74, 6) is 0.993. The summed E-state index contributed by atoms with van der Waals surface area (Å²) in [6.07, 6.45) is 10.6. The molecule has 3 aliphatic rings. The van der Waals surface area contributed by atoms with Crippen molar-refractivity contribution in [2.24, 2.45) is 0 Å². The molecule has 208 valence electrons. The fourth-order valence-electron chi connectivity index (χ4n) is 6.79. The summed E-state index contributed by atoms with van der Waals surface area (Å²) in [5, 5.41) is 19.1. The number of halogens is 1. The summed E-state index contributed by atoms with van der Waals surface area (Å²) in [6, 6.07) is 3.87. The van der Waals surface area contributed by atoms with Gasteiger partial charge in [-0.1, -0.05) is 6.07 Å². The molecule has 0 aromatic carbocycles. The number of pyridine rings is 1. The van der Waals surface area contributed by atoms with Crippen molar-refractivity contribution in [2.45, 2.75) is 69.4 Å². The third kappa shape index (κ3) is 3.75. The van der Waals surface area contributed by atoms with E-state index in [0.29, 0.717) is 28.8 Å². The second-order valence-corrected chi connectivity index (χ2v) is 11.4. The van der Waals surface area contributed by atoms with Crippen LogP contribution in [0.2, 0.25) is 0 Å². The van der Waals surface area contributed by atoms with Crippen molar-refractivity contribution in [3.8, 4) is 22.5 Å². The maximum Gasteiger partial charge on any atom is 0.292 e. The molecule has 13 heteroatoms. The van der Waals surface area contributed by atoms with E-state index in [4.69, 9.17) is 10.7 Å². The fraction of sp³-hybridized carbons (Fsp3) is 0.393. The Bertz CT molecular complexity index is 1770. The van der Waals surface area contributed by atoms with Gasteiger partial charge in [0.05, 0.1) is 23.3 Å². The van der Waals surface area contributed by atoms with E-state index in [2.05, 4.69) is 35.5 Å². The number of nitrogens with zero attached hydrogens (tertiary/aromatic N) is 8. The molecule has 1 amide bonds. The Hall–Kier alpha value is -4.68. The van der Waals surface area contributed by atoms with E-state index < -0.39 is 5.82 Å². The zero-order valence-electron chi connectivity index (χ0n) is 22.4. The minimum Gasteiger partial charge on any atom is -0.383 e. The van der Waals surface area contributed by atoms with E-state index >= 15 is 0 Å². The molecule has 2 bridgehead atoms. The van der Waals surface area contributed by atoms with Crippen molar-refractivity contribution < 1.29 is 9.18 Å². The average Bonchev–Trinajstić information content (AvgIpc) is 3.27. The van der Waals surface area contributed by atoms with Crippen molar-refractivity contribution in [3.63, 3.8) is 0 Å². The molecule has 41 heavy (non-hydrogen) atoms. The van der Waals surface area contributed by atoms with Crippen molar-refractivity contribution in [3.05, 3.63) is 59.4 Å². The van der Waals surface area contributed by atoms with Crippen LogP contribution in [0.15, 0.2) is 30.9 Å². The van der Waals surface area contributed by atoms with Gasteiger partial charge in [-0.25, -0.2) is 9.37 Å². The first-order chi connectivity index (χ1) is 20.0. The molecular formula is C28H28FN11O. The molecule has 1 saturated carbocycles. The number of nitrogen functional groups attached to an aromatic ring is 1. The molecule has 3 atom stereocenters. The predicted molar refractivity (Wildman–Crippen MR) is 146 cm³/mol. The molecule has 7 heterocycles. The van der Waals surface area contributed by atoms with Gasteiger partial charge in [-0.3, -0.25) is 14.9 Å². The number of amides is 1. The van der Waals surface area contributed by atoms with Crippen LogP contribution in [0.4, 0.5) is 10.2 Å². The number of carbonyl (C=O) groups excluding carboxylic acids is 1. The van der Waals surface area contributed by atoms with Gasteiger partial charge in [0.1, 0.15) is 17.8 Å². The monoisotopic (exact) mass is 553 g/mol. The van der Waals surface area contributed by atoms with Crippen LogP contribution in [0.25, 0.3) is 28.2 Å². The number of carbonyl (C=O) groups is 1. The van der Waals surface area contributed by atoms with E-state index in [9.17, 15) is 9.18 Å². The lowest BCUT2D eigenvalue weighted by Gasteiger charge is -2.39. The number of piperidine rings is 1. The quantitative estimate of drug-likeness (QED) is 0.297. The molecule has 0 radical (unpaired) electrons. The molecule has 4 N–H and O–H groups in total. The number of H-pyrrole nitrogens is 2. The summed E-state index contributed by atoms with van der Waals surface area (Å²) in [4.78, 5) is 27.8. The van der Waals surface area contributed by atoms with Gasteiger partial charge >= 0.3 is 0 Å². The Balaban J connectivity index is 1.16. The standard InChI is InChI=1S/C28H28FN11O/c1-13-22(29)24(37-36-13)20-7-4-15(10-31-20)19-11-34-40-25(30)21(14-2-3-14)23(35-27(19)40)16-8-17-5-6-18(9-16)39(17)28(41)26-32-12-33-38-26/h4,7,10-12,14,16-18H,2-3,5-6,8-9,30H2,1H3,(H,36,37)(H,32,33,38)/t16?,17-,18+. The van der Waals surface area contributed by atoms with Gasteiger partial charge in [-0.05, 0) is 57.4 Å². The lowest BCUT2D eigenvalue weighted by Crippen LogP contribution is -2.46. The van der Waals surface area contributed by atoms with Crippen LogP contribution in [-0.2, 0) is 0 Å². The number of nitrogens with two attached hydrogens (primary N) is 1. The number of aromatic amines is 2. The van der Waals surface area contributed by atoms with Crippen molar-refractivity contribution in [1.29, 1.82) is 0 Å². The zero-order valence-corrected chi connectivity index (χ0v) is 22.4. The Morgan fingerprint density at radius 2 is 1.90 bits per heavy atom. The molecule has 12 nitrogen and oxygen atoms in total. The first-order valence-electron chi connectivity index (χ1n) is 14.0. The minimum absolute atomic E-state index is 0.0855. The molecule has 0 spiro atoms. The number of anilines is 1. The maximum absolute atomic E-state index is 14.4. The Morgan fingerprint density at radius 1 is 1.10 bits per heavy atom. The van der Waals surface area contributed by atoms with Gasteiger partial charge in [0.2, 0.25) is 5.82 Å². The van der Waals surface area contributed by atoms with Gasteiger partial charge in [0, 0.05) is 40.9 Å². The number of aryl methyl sites for hydroxylation is 1. The van der Waals surface area contributed by atoms with Crippen LogP contribution in [0.5, 0.6) is 0 Å². The summed E-state index contributed by atoms with van der Waals surface area (Å²) in [5.41, 5.74) is 12.2. The molecule has 2 saturated heterocycles. The third-order valence-electron chi connectivity index (χ3n) is 8.90. The average molecular weight is 554 g/mol. The first kappa shape index (κ1) is 24.1. The maximum atomic E-state index is 14.4. The van der Waals surface area contributed by atoms with Crippen molar-refractivity contribution in [2.75, 3.05) is 5.73 Å². The second-order valence-electron chi connectivity index (χ2n) is 11.4. The van der Waals surface area contributed by atoms with E-state index in [-0.39, 0.29) is 35.4 Å². The molecule has 5 aromatic heterocycles. The van der Waals surface area contributed by atoms with E-state index in [1.165, 1.54) is 6.33 Å². The number of aromatic nitrogens is 9. The molecular weight excluding hydrogens is 525 g/mol. The Labute approximate surface area is 233 Å². The van der Waals surface area contributed by atoms with Gasteiger partial charge < -0.3 is 15.6 Å². The SMILES string of the molecule is Cc1[nH]nc(-c2ccc(-c3cnn4c(N)c(C5CC5)c(C5C[C@H]6CC[C@@H](C5)N6C(=O)c5nnc[nH]5)nc34)cn2)c1F. The second kappa shape index (κ2) is 8.91. The van der Waals surface area contributed by atoms with Gasteiger partial charge in [-0.2, -0.15) is 14.7 Å². The summed E-state index contributed by atoms with van der Waals surface area (Å²) in [6.45, 7) is 1.63. The molecule has 5 aromatic rings. The highest BCUT2D eigenvalue weighted by atomic mass is 19.1. The lowest BCUT2D eigenvalue weighted by atomic mass is 9.85. The molecule has 2 aliphatic heterocycles. The van der Waals surface area contributed by atoms with Gasteiger partial charge in [0.15, 0.2) is 11.5 Å².